The summed E-state index contributed by atoms with van der Waals surface area (Å²) in [5.41, 5.74) is 25.3. The Hall–Kier alpha value is -16.1. The van der Waals surface area contributed by atoms with Crippen molar-refractivity contribution in [2.24, 2.45) is 0 Å². The van der Waals surface area contributed by atoms with E-state index < -0.39 is 21.4 Å². The first-order chi connectivity index (χ1) is 68.1. The highest BCUT2D eigenvalue weighted by Gasteiger charge is 2.44. The van der Waals surface area contributed by atoms with Gasteiger partial charge in [-0.2, -0.15) is 0 Å². The van der Waals surface area contributed by atoms with Gasteiger partial charge in [-0.15, -0.1) is 22.7 Å². The summed E-state index contributed by atoms with van der Waals surface area (Å²) in [7, 11) is -9.09. The van der Waals surface area contributed by atoms with E-state index in [4.69, 9.17) is 4.42 Å². The SMILES string of the molecule is O=P1(c2ccccc2)c2ccccc2-c2cc3c(cc21)c1ccccc1n3-c1ccc(-c2ccc3c(c2)sc2ccccc23)cc1.O=P1(c2ccccc2)c2ccccc2-c2cc3c(cc21)c1ccccc1n3-c1ccc(-c2ccc3sc4ccccc4c3c2)cc1.O=P1(c2ccccc2)c2ccccc2-c2cc3c(cc21)c1ccccc1n3-c1ccc(-c2cccc3oc4ccccc4c23)cc1. The average Bonchev–Trinajstić information content (AvgIpc) is 1.54. The quantitative estimate of drug-likeness (QED) is 0.135. The minimum Gasteiger partial charge on any atom is -0.456 e. The Labute approximate surface area is 802 Å². The lowest BCUT2D eigenvalue weighted by atomic mass is 9.99. The van der Waals surface area contributed by atoms with Crippen molar-refractivity contribution >= 4 is 220 Å². The fourth-order valence-electron chi connectivity index (χ4n) is 22.6. The Morgan fingerprint density at radius 3 is 0.949 bits per heavy atom. The molecular formula is C126H78N3O4P3S2. The number of fused-ring (bicyclic) bond motifs is 27. The summed E-state index contributed by atoms with van der Waals surface area (Å²) in [4.78, 5) is 0. The molecule has 6 aromatic heterocycles. The first-order valence-electron chi connectivity index (χ1n) is 46.6. The standard InChI is InChI=1S/C42H26NO2P.2C42H26NOPS/c44-46(29-11-2-1-3-12-29)40-20-9-6-14-32(40)35-25-37-34(26-41(35)46)31-13-4-7-17-36(31)43(37)28-23-21-27(22-24-28)30-16-10-19-39-42(30)33-15-5-8-18-38(33)45-39;44-45(30-10-2-1-3-11-30)39-16-8-5-13-32(39)35-25-38-34(26-40(35)45)31-12-4-7-15-37(31)43(38)29-21-18-27(19-22-29)28-20-23-42-36(24-28)33-14-6-9-17-41(33)46-42;44-45(30-10-2-1-3-11-30)39-16-8-5-13-32(39)36-25-38-35(26-40(36)45)31-12-4-7-15-37(31)43(38)29-21-18-27(19-22-29)28-20-23-34-33-14-6-9-17-41(33)46-42(34)24-28/h3*1-26H. The van der Waals surface area contributed by atoms with Crippen LogP contribution in [0.25, 0.3) is 212 Å². The Kier molecular flexibility index (Phi) is 18.2. The molecule has 3 aliphatic heterocycles. The van der Waals surface area contributed by atoms with Crippen molar-refractivity contribution in [3.05, 3.63) is 473 Å². The highest BCUT2D eigenvalue weighted by Crippen LogP contribution is 2.58. The monoisotopic (exact) mass is 1850 g/mol. The molecule has 0 saturated heterocycles. The molecule has 0 fully saturated rings. The molecule has 0 bridgehead atoms. The number of hydrogen-bond donors (Lipinski definition) is 0. The van der Waals surface area contributed by atoms with Gasteiger partial charge in [0.25, 0.3) is 0 Å². The van der Waals surface area contributed by atoms with Gasteiger partial charge in [-0.1, -0.05) is 340 Å². The number of rotatable bonds is 9. The van der Waals surface area contributed by atoms with Gasteiger partial charge in [0.05, 0.1) is 33.1 Å². The maximum Gasteiger partial charge on any atom is 0.172 e. The van der Waals surface area contributed by atoms with Crippen LogP contribution in [-0.2, 0) is 13.7 Å². The van der Waals surface area contributed by atoms with E-state index in [1.807, 2.05) is 162 Å². The zero-order valence-electron chi connectivity index (χ0n) is 74.2. The third kappa shape index (κ3) is 12.1. The van der Waals surface area contributed by atoms with E-state index >= 15 is 13.7 Å². The number of nitrogens with zero attached hydrogens (tertiary/aromatic N) is 3. The highest BCUT2D eigenvalue weighted by molar-refractivity contribution is 7.87. The predicted octanol–water partition coefficient (Wildman–Crippen LogP) is 30.8. The molecule has 9 heterocycles. The molecule has 3 atom stereocenters. The number of para-hydroxylation sites is 4. The molecular weight excluding hydrogens is 1780 g/mol. The van der Waals surface area contributed by atoms with E-state index in [2.05, 4.69) is 347 Å². The third-order valence-electron chi connectivity index (χ3n) is 28.9. The van der Waals surface area contributed by atoms with Crippen molar-refractivity contribution in [1.82, 2.24) is 13.7 Å². The summed E-state index contributed by atoms with van der Waals surface area (Å²) >= 11 is 3.70. The van der Waals surface area contributed by atoms with Crippen LogP contribution in [0.5, 0.6) is 0 Å². The second kappa shape index (κ2) is 31.3. The summed E-state index contributed by atoms with van der Waals surface area (Å²) in [6.45, 7) is 0. The molecule has 0 N–H and O–H groups in total. The smallest absolute Gasteiger partial charge is 0.172 e. The Morgan fingerprint density at radius 1 is 0.181 bits per heavy atom. The van der Waals surface area contributed by atoms with Crippen LogP contribution in [0.4, 0.5) is 0 Å². The van der Waals surface area contributed by atoms with Crippen molar-refractivity contribution in [2.75, 3.05) is 0 Å². The van der Waals surface area contributed by atoms with Crippen LogP contribution in [0.15, 0.2) is 478 Å². The Balaban J connectivity index is 0.000000102. The van der Waals surface area contributed by atoms with Gasteiger partial charge in [0.15, 0.2) is 21.4 Å². The number of benzene rings is 21. The van der Waals surface area contributed by atoms with E-state index in [1.54, 1.807) is 0 Å². The van der Waals surface area contributed by atoms with Gasteiger partial charge < -0.3 is 31.8 Å². The Morgan fingerprint density at radius 2 is 0.500 bits per heavy atom. The van der Waals surface area contributed by atoms with Crippen LogP contribution in [0.1, 0.15) is 0 Å². The zero-order valence-corrected chi connectivity index (χ0v) is 78.5. The summed E-state index contributed by atoms with van der Waals surface area (Å²) in [5, 5.41) is 22.6. The van der Waals surface area contributed by atoms with E-state index in [1.165, 1.54) is 62.6 Å². The molecule has 27 aromatic rings. The molecule has 0 radical (unpaired) electrons. The van der Waals surface area contributed by atoms with Gasteiger partial charge >= 0.3 is 0 Å². The highest BCUT2D eigenvalue weighted by atomic mass is 32.1. The summed E-state index contributed by atoms with van der Waals surface area (Å²) < 4.78 is 64.2. The minimum absolute atomic E-state index is 0.875. The largest absolute Gasteiger partial charge is 0.456 e. The molecule has 3 unspecified atom stereocenters. The number of furan rings is 1. The minimum atomic E-state index is -3.04. The molecule has 3 aliphatic rings. The second-order valence-electron chi connectivity index (χ2n) is 36.1. The van der Waals surface area contributed by atoms with E-state index in [-0.39, 0.29) is 0 Å². The molecule has 12 heteroatoms. The first-order valence-corrected chi connectivity index (χ1v) is 53.4. The first kappa shape index (κ1) is 80.4. The molecule has 7 nitrogen and oxygen atoms in total. The van der Waals surface area contributed by atoms with Gasteiger partial charge in [-0.05, 0) is 200 Å². The van der Waals surface area contributed by atoms with Crippen LogP contribution >= 0.6 is 44.1 Å². The van der Waals surface area contributed by atoms with Crippen molar-refractivity contribution in [1.29, 1.82) is 0 Å². The molecule has 0 spiro atoms. The van der Waals surface area contributed by atoms with Crippen molar-refractivity contribution in [2.45, 2.75) is 0 Å². The van der Waals surface area contributed by atoms with Crippen molar-refractivity contribution in [3.63, 3.8) is 0 Å². The average molecular weight is 1860 g/mol. The van der Waals surface area contributed by atoms with Gasteiger partial charge in [0, 0.05) is 148 Å². The maximum atomic E-state index is 15.2. The summed E-state index contributed by atoms with van der Waals surface area (Å²) in [6.07, 6.45) is 0. The molecule has 0 amide bonds. The molecule has 30 rings (SSSR count). The van der Waals surface area contributed by atoms with Crippen LogP contribution < -0.4 is 47.7 Å². The van der Waals surface area contributed by atoms with Gasteiger partial charge in [-0.3, -0.25) is 0 Å². The summed E-state index contributed by atoms with van der Waals surface area (Å²) in [6, 6.07) is 166. The zero-order chi connectivity index (χ0) is 91.2. The van der Waals surface area contributed by atoms with E-state index in [0.717, 1.165) is 197 Å². The fourth-order valence-corrected chi connectivity index (χ4v) is 34.0. The van der Waals surface area contributed by atoms with Crippen LogP contribution in [-0.4, -0.2) is 13.7 Å². The molecule has 0 saturated carbocycles. The lowest BCUT2D eigenvalue weighted by Gasteiger charge is -2.16. The van der Waals surface area contributed by atoms with Crippen molar-refractivity contribution < 1.29 is 18.1 Å². The predicted molar refractivity (Wildman–Crippen MR) is 587 cm³/mol. The lowest BCUT2D eigenvalue weighted by molar-refractivity contribution is 0.592. The number of aromatic nitrogens is 3. The second-order valence-corrected chi connectivity index (χ2v) is 46.4. The fraction of sp³-hybridized carbons (Fsp3) is 0. The van der Waals surface area contributed by atoms with Gasteiger partial charge in [0.1, 0.15) is 11.2 Å². The maximum absolute atomic E-state index is 15.2. The molecule has 21 aromatic carbocycles. The molecule has 0 aliphatic carbocycles. The topological polar surface area (TPSA) is 79.1 Å². The molecule has 648 valence electrons. The van der Waals surface area contributed by atoms with Crippen LogP contribution in [0.3, 0.4) is 0 Å². The van der Waals surface area contributed by atoms with Gasteiger partial charge in [-0.25, -0.2) is 0 Å². The molecule has 138 heavy (non-hydrogen) atoms. The number of hydrogen-bond acceptors (Lipinski definition) is 6. The van der Waals surface area contributed by atoms with E-state index in [9.17, 15) is 0 Å². The lowest BCUT2D eigenvalue weighted by Crippen LogP contribution is -2.20. The third-order valence-corrected chi connectivity index (χ3v) is 40.6. The Bertz CT molecular complexity index is 9950. The van der Waals surface area contributed by atoms with E-state index in [0.29, 0.717) is 0 Å². The van der Waals surface area contributed by atoms with Crippen LogP contribution in [0, 0.1) is 0 Å². The summed E-state index contributed by atoms with van der Waals surface area (Å²) in [5.74, 6) is 0. The van der Waals surface area contributed by atoms with Gasteiger partial charge in [0.2, 0.25) is 0 Å². The number of thiophene rings is 2. The van der Waals surface area contributed by atoms with Crippen molar-refractivity contribution in [3.8, 4) is 83.8 Å². The van der Waals surface area contributed by atoms with Crippen LogP contribution in [0.2, 0.25) is 0 Å². The normalized spacial score (nSPS) is 15.6.